The summed E-state index contributed by atoms with van der Waals surface area (Å²) in [5.74, 6) is 0.0209. The number of amides is 2. The number of carbonyl (C=O) groups excluding carboxylic acids is 2. The molecule has 1 aliphatic carbocycles. The number of hydrogen-bond donors (Lipinski definition) is 3. The molecule has 2 fully saturated rings. The molecule has 1 aliphatic heterocycles. The minimum atomic E-state index is -0.433. The number of aromatic amines is 1. The van der Waals surface area contributed by atoms with Gasteiger partial charge in [0.05, 0.1) is 17.1 Å². The quantitative estimate of drug-likeness (QED) is 0.249. The van der Waals surface area contributed by atoms with E-state index in [1.807, 2.05) is 42.5 Å². The minimum absolute atomic E-state index is 0.197. The van der Waals surface area contributed by atoms with E-state index in [-0.39, 0.29) is 18.1 Å². The number of rotatable bonds is 6. The number of nitrogens with zero attached hydrogens (tertiary/aromatic N) is 5. The van der Waals surface area contributed by atoms with Crippen molar-refractivity contribution >= 4 is 34.2 Å². The van der Waals surface area contributed by atoms with Crippen LogP contribution in [0.5, 0.6) is 0 Å². The van der Waals surface area contributed by atoms with Crippen molar-refractivity contribution in [1.29, 1.82) is 0 Å². The lowest BCUT2D eigenvalue weighted by Crippen LogP contribution is -2.35. The van der Waals surface area contributed by atoms with Crippen LogP contribution < -0.4 is 15.1 Å². The van der Waals surface area contributed by atoms with Crippen LogP contribution >= 0.6 is 0 Å². The Kier molecular flexibility index (Phi) is 6.71. The highest BCUT2D eigenvalue weighted by Crippen LogP contribution is 2.25. The van der Waals surface area contributed by atoms with Gasteiger partial charge < -0.3 is 20.3 Å². The van der Waals surface area contributed by atoms with Gasteiger partial charge in [-0.25, -0.2) is 4.98 Å². The zero-order chi connectivity index (χ0) is 26.8. The number of anilines is 2. The van der Waals surface area contributed by atoms with Gasteiger partial charge in [-0.15, -0.1) is 0 Å². The number of hydrogen-bond acceptors (Lipinski definition) is 6. The smallest absolute Gasteiger partial charge is 0.360 e. The Morgan fingerprint density at radius 1 is 0.949 bits per heavy atom. The van der Waals surface area contributed by atoms with Gasteiger partial charge in [0, 0.05) is 41.2 Å². The lowest BCUT2D eigenvalue weighted by molar-refractivity contribution is 0.0990. The van der Waals surface area contributed by atoms with Crippen LogP contribution in [0.3, 0.4) is 0 Å². The molecule has 0 bridgehead atoms. The maximum Gasteiger partial charge on any atom is 0.360 e. The van der Waals surface area contributed by atoms with E-state index in [0.717, 1.165) is 61.1 Å². The molecule has 2 heterocycles. The number of imidazole rings is 1. The molecule has 10 nitrogen and oxygen atoms in total. The second-order valence-electron chi connectivity index (χ2n) is 9.96. The molecule has 1 aromatic heterocycles. The maximum absolute atomic E-state index is 12.9. The molecule has 2 amide bonds. The van der Waals surface area contributed by atoms with Crippen LogP contribution in [0.1, 0.15) is 46.4 Å². The molecule has 196 valence electrons. The van der Waals surface area contributed by atoms with Gasteiger partial charge in [0.25, 0.3) is 5.91 Å². The first-order valence-electron chi connectivity index (χ1n) is 13.1. The summed E-state index contributed by atoms with van der Waals surface area (Å²) < 4.78 is 0. The van der Waals surface area contributed by atoms with Crippen LogP contribution in [0, 0.1) is 0 Å². The molecule has 0 radical (unpaired) electrons. The van der Waals surface area contributed by atoms with Crippen molar-refractivity contribution in [2.24, 2.45) is 10.2 Å². The Labute approximate surface area is 224 Å². The maximum atomic E-state index is 12.9. The van der Waals surface area contributed by atoms with Gasteiger partial charge in [-0.3, -0.25) is 9.59 Å². The molecule has 0 spiro atoms. The SMILES string of the molecule is O=C(N=[N+]=NC1CC1)c1ccc(-c2nc3ccc(NC(=O)c4ccc(N5CCC(O)CC5)cc4)cc3[nH]2)cc1. The lowest BCUT2D eigenvalue weighted by Gasteiger charge is -2.31. The number of carbonyl (C=O) groups is 2. The van der Waals surface area contributed by atoms with Gasteiger partial charge >= 0.3 is 5.91 Å². The largest absolute Gasteiger partial charge is 0.393 e. The molecule has 2 aliphatic rings. The standard InChI is InChI=1S/C29H27N7O3/c37-24-13-15-36(16-14-24)23-10-5-19(6-11-23)28(38)30-22-9-12-25-26(17-22)32-27(31-25)18-1-3-20(4-2-18)29(39)34-35-33-21-7-8-21/h1-6,9-12,17,21,24,37H,7-8,13-16H2,(H,33,34,39)/p+1. The molecule has 1 saturated carbocycles. The van der Waals surface area contributed by atoms with Crippen LogP contribution in [0.25, 0.3) is 22.4 Å². The Bertz CT molecular complexity index is 1580. The van der Waals surface area contributed by atoms with E-state index in [2.05, 4.69) is 35.3 Å². The predicted molar refractivity (Wildman–Crippen MR) is 148 cm³/mol. The third kappa shape index (κ3) is 5.77. The van der Waals surface area contributed by atoms with Crippen molar-refractivity contribution in [3.05, 3.63) is 77.9 Å². The molecule has 0 atom stereocenters. The van der Waals surface area contributed by atoms with Gasteiger partial charge in [0.15, 0.2) is 0 Å². The van der Waals surface area contributed by atoms with Gasteiger partial charge in [-0.2, -0.15) is 0 Å². The third-order valence-corrected chi connectivity index (χ3v) is 7.00. The highest BCUT2D eigenvalue weighted by atomic mass is 16.3. The summed E-state index contributed by atoms with van der Waals surface area (Å²) in [5, 5.41) is 20.3. The number of aliphatic hydroxyl groups is 1. The molecular weight excluding hydrogens is 494 g/mol. The molecule has 3 N–H and O–H groups in total. The first-order valence-corrected chi connectivity index (χ1v) is 13.1. The summed E-state index contributed by atoms with van der Waals surface area (Å²) in [6.07, 6.45) is 3.31. The van der Waals surface area contributed by atoms with Crippen molar-refractivity contribution in [2.75, 3.05) is 23.3 Å². The molecule has 39 heavy (non-hydrogen) atoms. The molecule has 1 saturated heterocycles. The number of H-pyrrole nitrogens is 1. The summed E-state index contributed by atoms with van der Waals surface area (Å²) in [6.45, 7) is 1.62. The number of benzene rings is 3. The van der Waals surface area contributed by atoms with Gasteiger partial charge in [-0.1, -0.05) is 12.1 Å². The fourth-order valence-corrected chi connectivity index (χ4v) is 4.53. The van der Waals surface area contributed by atoms with Crippen molar-refractivity contribution in [3.63, 3.8) is 0 Å². The molecule has 6 rings (SSSR count). The normalized spacial score (nSPS) is 15.6. The Morgan fingerprint density at radius 3 is 2.38 bits per heavy atom. The number of aliphatic hydroxyl groups excluding tert-OH is 1. The summed E-state index contributed by atoms with van der Waals surface area (Å²) in [7, 11) is 0. The van der Waals surface area contributed by atoms with Gasteiger partial charge in [0.1, 0.15) is 17.0 Å². The van der Waals surface area contributed by atoms with E-state index < -0.39 is 5.91 Å². The first kappa shape index (κ1) is 24.7. The van der Waals surface area contributed by atoms with Crippen LogP contribution in [-0.2, 0) is 0 Å². The second kappa shape index (κ2) is 10.6. The van der Waals surface area contributed by atoms with Crippen molar-refractivity contribution in [1.82, 2.24) is 14.9 Å². The van der Waals surface area contributed by atoms with Gasteiger partial charge in [-0.05, 0) is 80.3 Å². The monoisotopic (exact) mass is 522 g/mol. The van der Waals surface area contributed by atoms with Gasteiger partial charge in [0.2, 0.25) is 10.0 Å². The van der Waals surface area contributed by atoms with Crippen LogP contribution in [0.2, 0.25) is 0 Å². The molecule has 10 heteroatoms. The summed E-state index contributed by atoms with van der Waals surface area (Å²) in [4.78, 5) is 38.8. The van der Waals surface area contributed by atoms with Crippen molar-refractivity contribution in [3.8, 4) is 11.4 Å². The summed E-state index contributed by atoms with van der Waals surface area (Å²) in [5.41, 5.74) is 5.05. The minimum Gasteiger partial charge on any atom is -0.393 e. The first-order chi connectivity index (χ1) is 19.0. The fraction of sp³-hybridized carbons (Fsp3) is 0.276. The van der Waals surface area contributed by atoms with Crippen molar-refractivity contribution < 1.29 is 14.7 Å². The molecule has 3 aromatic carbocycles. The average molecular weight is 523 g/mol. The third-order valence-electron chi connectivity index (χ3n) is 7.00. The Balaban J connectivity index is 1.11. The van der Waals surface area contributed by atoms with Crippen molar-refractivity contribution in [2.45, 2.75) is 37.8 Å². The topological polar surface area (TPSA) is 137 Å². The van der Waals surface area contributed by atoms with E-state index >= 15 is 0 Å². The Hall–Kier alpha value is -4.66. The Morgan fingerprint density at radius 2 is 1.67 bits per heavy atom. The van der Waals surface area contributed by atoms with E-state index in [4.69, 9.17) is 0 Å². The highest BCUT2D eigenvalue weighted by molar-refractivity contribution is 6.05. The summed E-state index contributed by atoms with van der Waals surface area (Å²) in [6, 6.07) is 20.2. The second-order valence-corrected chi connectivity index (χ2v) is 9.96. The van der Waals surface area contributed by atoms with Crippen LogP contribution in [0.4, 0.5) is 11.4 Å². The lowest BCUT2D eigenvalue weighted by atomic mass is 10.1. The van der Waals surface area contributed by atoms with Crippen LogP contribution in [0.15, 0.2) is 77.0 Å². The average Bonchev–Trinajstić information content (AvgIpc) is 3.69. The number of aromatic nitrogens is 2. The van der Waals surface area contributed by atoms with E-state index in [9.17, 15) is 14.7 Å². The van der Waals surface area contributed by atoms with Crippen LogP contribution in [-0.4, -0.2) is 52.1 Å². The number of piperidine rings is 1. The molecular formula is C29H28N7O3+. The summed E-state index contributed by atoms with van der Waals surface area (Å²) >= 11 is 0. The van der Waals surface area contributed by atoms with E-state index in [1.54, 1.807) is 24.3 Å². The highest BCUT2D eigenvalue weighted by Gasteiger charge is 2.26. The zero-order valence-corrected chi connectivity index (χ0v) is 21.2. The van der Waals surface area contributed by atoms with E-state index in [1.165, 1.54) is 0 Å². The fourth-order valence-electron chi connectivity index (χ4n) is 4.53. The number of nitrogens with one attached hydrogen (secondary N) is 2. The molecule has 0 unspecified atom stereocenters. The number of fused-ring (bicyclic) bond motifs is 1. The predicted octanol–water partition coefficient (Wildman–Crippen LogP) is 4.72. The van der Waals surface area contributed by atoms with E-state index in [0.29, 0.717) is 22.6 Å². The zero-order valence-electron chi connectivity index (χ0n) is 21.2. The molecule has 4 aromatic rings.